The molecule has 1 fully saturated rings. The summed E-state index contributed by atoms with van der Waals surface area (Å²) in [5, 5.41) is 3.62. The molecule has 1 saturated heterocycles. The minimum absolute atomic E-state index is 0.606. The van der Waals surface area contributed by atoms with Crippen LogP contribution in [-0.2, 0) is 0 Å². The molecule has 0 radical (unpaired) electrons. The average Bonchev–Trinajstić information content (AvgIpc) is 2.22. The van der Waals surface area contributed by atoms with Crippen LogP contribution >= 0.6 is 0 Å². The van der Waals surface area contributed by atoms with Crippen LogP contribution in [0.25, 0.3) is 0 Å². The zero-order valence-corrected chi connectivity index (χ0v) is 12.5. The Kier molecular flexibility index (Phi) is 6.50. The Morgan fingerprint density at radius 1 is 1.18 bits per heavy atom. The Labute approximate surface area is 108 Å². The summed E-state index contributed by atoms with van der Waals surface area (Å²) < 4.78 is 0. The maximum absolute atomic E-state index is 3.62. The van der Waals surface area contributed by atoms with E-state index in [1.54, 1.807) is 0 Å². The molecule has 1 heterocycles. The fourth-order valence-corrected chi connectivity index (χ4v) is 3.13. The molecule has 3 unspecified atom stereocenters. The van der Waals surface area contributed by atoms with E-state index in [1.807, 2.05) is 0 Å². The highest BCUT2D eigenvalue weighted by Gasteiger charge is 2.26. The van der Waals surface area contributed by atoms with E-state index in [0.717, 1.165) is 24.4 Å². The number of piperidine rings is 1. The Morgan fingerprint density at radius 2 is 1.76 bits per heavy atom. The molecule has 0 aromatic carbocycles. The van der Waals surface area contributed by atoms with Crippen LogP contribution in [0.2, 0.25) is 0 Å². The monoisotopic (exact) mass is 240 g/mol. The number of rotatable bonds is 6. The fraction of sp³-hybridized carbons (Fsp3) is 1.00. The quantitative estimate of drug-likeness (QED) is 0.767. The van der Waals surface area contributed by atoms with Gasteiger partial charge in [-0.3, -0.25) is 4.90 Å². The molecule has 3 atom stereocenters. The van der Waals surface area contributed by atoms with Gasteiger partial charge in [0.15, 0.2) is 0 Å². The summed E-state index contributed by atoms with van der Waals surface area (Å²) in [6, 6.07) is 1.35. The van der Waals surface area contributed by atoms with Crippen molar-refractivity contribution in [2.24, 2.45) is 11.8 Å². The summed E-state index contributed by atoms with van der Waals surface area (Å²) in [6.07, 6.45) is 4.04. The van der Waals surface area contributed by atoms with Gasteiger partial charge in [0, 0.05) is 31.7 Å². The van der Waals surface area contributed by atoms with E-state index >= 15 is 0 Å². The van der Waals surface area contributed by atoms with Gasteiger partial charge in [0.2, 0.25) is 0 Å². The molecule has 1 aliphatic heterocycles. The van der Waals surface area contributed by atoms with Crippen molar-refractivity contribution in [1.29, 1.82) is 0 Å². The standard InChI is InChI=1S/C15H32N2/c1-6-7-15(9-16-12(2)3)17-10-13(4)8-14(5)11-17/h12-16H,6-11H2,1-5H3. The first-order chi connectivity index (χ1) is 8.02. The van der Waals surface area contributed by atoms with Crippen molar-refractivity contribution >= 4 is 0 Å². The number of nitrogens with zero attached hydrogens (tertiary/aromatic N) is 1. The molecular weight excluding hydrogens is 208 g/mol. The van der Waals surface area contributed by atoms with Crippen LogP contribution in [0, 0.1) is 11.8 Å². The lowest BCUT2D eigenvalue weighted by molar-refractivity contribution is 0.0886. The van der Waals surface area contributed by atoms with Gasteiger partial charge < -0.3 is 5.32 Å². The van der Waals surface area contributed by atoms with Crippen molar-refractivity contribution in [2.75, 3.05) is 19.6 Å². The van der Waals surface area contributed by atoms with Crippen LogP contribution in [0.15, 0.2) is 0 Å². The SMILES string of the molecule is CCCC(CNC(C)C)N1CC(C)CC(C)C1. The second kappa shape index (κ2) is 7.38. The molecule has 0 aliphatic carbocycles. The molecule has 0 amide bonds. The lowest BCUT2D eigenvalue weighted by Gasteiger charge is -2.40. The van der Waals surface area contributed by atoms with Crippen LogP contribution in [-0.4, -0.2) is 36.6 Å². The average molecular weight is 240 g/mol. The molecule has 0 spiro atoms. The number of nitrogens with one attached hydrogen (secondary N) is 1. The molecular formula is C15H32N2. The van der Waals surface area contributed by atoms with Gasteiger partial charge in [0.05, 0.1) is 0 Å². The summed E-state index contributed by atoms with van der Waals surface area (Å²) >= 11 is 0. The second-order valence-corrected chi connectivity index (χ2v) is 6.41. The zero-order chi connectivity index (χ0) is 12.8. The van der Waals surface area contributed by atoms with Crippen molar-refractivity contribution in [3.05, 3.63) is 0 Å². The first kappa shape index (κ1) is 15.0. The summed E-state index contributed by atoms with van der Waals surface area (Å²) in [7, 11) is 0. The molecule has 0 saturated carbocycles. The minimum atomic E-state index is 0.606. The Hall–Kier alpha value is -0.0800. The van der Waals surface area contributed by atoms with Gasteiger partial charge in [0.25, 0.3) is 0 Å². The lowest BCUT2D eigenvalue weighted by Crippen LogP contribution is -2.49. The summed E-state index contributed by atoms with van der Waals surface area (Å²) in [4.78, 5) is 2.73. The van der Waals surface area contributed by atoms with Crippen molar-refractivity contribution in [3.8, 4) is 0 Å². The number of hydrogen-bond acceptors (Lipinski definition) is 2. The van der Waals surface area contributed by atoms with Crippen molar-refractivity contribution in [2.45, 2.75) is 66.0 Å². The van der Waals surface area contributed by atoms with E-state index in [-0.39, 0.29) is 0 Å². The minimum Gasteiger partial charge on any atom is -0.313 e. The third-order valence-corrected chi connectivity index (χ3v) is 3.80. The number of likely N-dealkylation sites (tertiary alicyclic amines) is 1. The smallest absolute Gasteiger partial charge is 0.0220 e. The van der Waals surface area contributed by atoms with Gasteiger partial charge in [-0.1, -0.05) is 41.0 Å². The van der Waals surface area contributed by atoms with Gasteiger partial charge in [-0.2, -0.15) is 0 Å². The number of hydrogen-bond donors (Lipinski definition) is 1. The van der Waals surface area contributed by atoms with Crippen LogP contribution < -0.4 is 5.32 Å². The predicted octanol–water partition coefficient (Wildman–Crippen LogP) is 3.13. The Bertz CT molecular complexity index is 193. The highest BCUT2D eigenvalue weighted by atomic mass is 15.2. The second-order valence-electron chi connectivity index (χ2n) is 6.41. The largest absolute Gasteiger partial charge is 0.313 e. The fourth-order valence-electron chi connectivity index (χ4n) is 3.13. The molecule has 0 bridgehead atoms. The Balaban J connectivity index is 2.49. The first-order valence-corrected chi connectivity index (χ1v) is 7.50. The first-order valence-electron chi connectivity index (χ1n) is 7.50. The summed E-state index contributed by atoms with van der Waals surface area (Å²) in [5.41, 5.74) is 0. The summed E-state index contributed by atoms with van der Waals surface area (Å²) in [5.74, 6) is 1.74. The Morgan fingerprint density at radius 3 is 2.24 bits per heavy atom. The van der Waals surface area contributed by atoms with E-state index in [2.05, 4.69) is 44.8 Å². The van der Waals surface area contributed by atoms with Crippen LogP contribution in [0.3, 0.4) is 0 Å². The molecule has 2 nitrogen and oxygen atoms in total. The molecule has 0 aromatic heterocycles. The van der Waals surface area contributed by atoms with Crippen LogP contribution in [0.5, 0.6) is 0 Å². The summed E-state index contributed by atoms with van der Waals surface area (Å²) in [6.45, 7) is 15.4. The molecule has 1 rings (SSSR count). The molecule has 102 valence electrons. The van der Waals surface area contributed by atoms with Gasteiger partial charge >= 0.3 is 0 Å². The third-order valence-electron chi connectivity index (χ3n) is 3.80. The third kappa shape index (κ3) is 5.39. The van der Waals surface area contributed by atoms with Gasteiger partial charge in [-0.05, 0) is 24.7 Å². The highest BCUT2D eigenvalue weighted by molar-refractivity contribution is 4.82. The topological polar surface area (TPSA) is 15.3 Å². The van der Waals surface area contributed by atoms with E-state index < -0.39 is 0 Å². The van der Waals surface area contributed by atoms with Gasteiger partial charge in [0.1, 0.15) is 0 Å². The van der Waals surface area contributed by atoms with Gasteiger partial charge in [-0.25, -0.2) is 0 Å². The van der Waals surface area contributed by atoms with E-state index in [1.165, 1.54) is 32.4 Å². The molecule has 1 aliphatic rings. The maximum atomic E-state index is 3.62. The molecule has 2 heteroatoms. The molecule has 1 N–H and O–H groups in total. The van der Waals surface area contributed by atoms with Crippen LogP contribution in [0.1, 0.15) is 53.9 Å². The van der Waals surface area contributed by atoms with Crippen molar-refractivity contribution in [1.82, 2.24) is 10.2 Å². The maximum Gasteiger partial charge on any atom is 0.0220 e. The lowest BCUT2D eigenvalue weighted by atomic mass is 9.90. The van der Waals surface area contributed by atoms with E-state index in [9.17, 15) is 0 Å². The zero-order valence-electron chi connectivity index (χ0n) is 12.5. The van der Waals surface area contributed by atoms with Crippen molar-refractivity contribution < 1.29 is 0 Å². The van der Waals surface area contributed by atoms with E-state index in [0.29, 0.717) is 6.04 Å². The van der Waals surface area contributed by atoms with Crippen LogP contribution in [0.4, 0.5) is 0 Å². The molecule has 17 heavy (non-hydrogen) atoms. The highest BCUT2D eigenvalue weighted by Crippen LogP contribution is 2.23. The normalized spacial score (nSPS) is 28.6. The van der Waals surface area contributed by atoms with Gasteiger partial charge in [-0.15, -0.1) is 0 Å². The molecule has 0 aromatic rings. The predicted molar refractivity (Wildman–Crippen MR) is 76.4 cm³/mol. The van der Waals surface area contributed by atoms with Crippen molar-refractivity contribution in [3.63, 3.8) is 0 Å². The van der Waals surface area contributed by atoms with E-state index in [4.69, 9.17) is 0 Å².